The van der Waals surface area contributed by atoms with Crippen LogP contribution in [0.25, 0.3) is 22.1 Å². The number of halogens is 1. The number of aliphatic hydroxyl groups excluding tert-OH is 1. The molecule has 1 aliphatic rings. The third-order valence-electron chi connectivity index (χ3n) is 4.73. The van der Waals surface area contributed by atoms with Crippen molar-refractivity contribution in [3.05, 3.63) is 48.6 Å². The fraction of sp³-hybridized carbons (Fsp3) is 0.400. The van der Waals surface area contributed by atoms with E-state index in [4.69, 9.17) is 5.11 Å². The van der Waals surface area contributed by atoms with Crippen molar-refractivity contribution in [3.8, 4) is 0 Å². The summed E-state index contributed by atoms with van der Waals surface area (Å²) < 4.78 is 14.8. The highest BCUT2D eigenvalue weighted by atomic mass is 19.1. The van der Waals surface area contributed by atoms with Crippen molar-refractivity contribution >= 4 is 39.6 Å². The predicted octanol–water partition coefficient (Wildman–Crippen LogP) is 5.00. The normalized spacial score (nSPS) is 16.6. The van der Waals surface area contributed by atoms with Gasteiger partial charge in [-0.3, -0.25) is 9.79 Å². The zero-order chi connectivity index (χ0) is 25.4. The smallest absolute Gasteiger partial charge is 0.231 e. The van der Waals surface area contributed by atoms with Gasteiger partial charge in [-0.05, 0) is 38.8 Å². The molecule has 1 saturated carbocycles. The summed E-state index contributed by atoms with van der Waals surface area (Å²) in [7, 11) is 1.00. The molecule has 8 nitrogen and oxygen atoms in total. The minimum absolute atomic E-state index is 0.270. The van der Waals surface area contributed by atoms with E-state index >= 15 is 0 Å². The molecule has 9 heteroatoms. The van der Waals surface area contributed by atoms with Crippen LogP contribution in [0.1, 0.15) is 53.0 Å². The summed E-state index contributed by atoms with van der Waals surface area (Å²) in [6.07, 6.45) is 5.37. The molecule has 0 saturated heterocycles. The van der Waals surface area contributed by atoms with Crippen LogP contribution in [0.2, 0.25) is 0 Å². The fourth-order valence-corrected chi connectivity index (χ4v) is 3.10. The highest BCUT2D eigenvalue weighted by Crippen LogP contribution is 2.35. The summed E-state index contributed by atoms with van der Waals surface area (Å²) in [5, 5.41) is 14.8. The van der Waals surface area contributed by atoms with Gasteiger partial charge in [0.25, 0.3) is 0 Å². The molecular formula is C25H33FN6O2. The molecule has 0 bridgehead atoms. The van der Waals surface area contributed by atoms with Crippen LogP contribution in [0.15, 0.2) is 48.0 Å². The number of pyridine rings is 2. The van der Waals surface area contributed by atoms with Crippen LogP contribution in [0, 0.1) is 5.92 Å². The first-order valence-corrected chi connectivity index (χ1v) is 11.2. The second-order valence-electron chi connectivity index (χ2n) is 8.14. The molecule has 182 valence electrons. The van der Waals surface area contributed by atoms with Crippen molar-refractivity contribution in [2.24, 2.45) is 10.9 Å². The Bertz CT molecular complexity index is 1230. The quantitative estimate of drug-likeness (QED) is 0.405. The number of hydrogen-bond acceptors (Lipinski definition) is 6. The lowest BCUT2D eigenvalue weighted by Gasteiger charge is -2.11. The molecule has 4 rings (SSSR count). The average molecular weight is 469 g/mol. The number of anilines is 1. The topological polar surface area (TPSA) is 105 Å². The Kier molecular flexibility index (Phi) is 9.56. The Morgan fingerprint density at radius 1 is 1.29 bits per heavy atom. The number of aliphatic imine (C=N–C) groups is 1. The second-order valence-corrected chi connectivity index (χ2v) is 8.14. The first-order chi connectivity index (χ1) is 16.3. The molecule has 34 heavy (non-hydrogen) atoms. The van der Waals surface area contributed by atoms with Crippen LogP contribution in [0.5, 0.6) is 0 Å². The first kappa shape index (κ1) is 26.8. The van der Waals surface area contributed by atoms with E-state index < -0.39 is 12.1 Å². The lowest BCUT2D eigenvalue weighted by molar-refractivity contribution is -0.117. The molecule has 3 heterocycles. The molecule has 0 aromatic carbocycles. The van der Waals surface area contributed by atoms with E-state index in [9.17, 15) is 9.18 Å². The Morgan fingerprint density at radius 2 is 1.94 bits per heavy atom. The molecule has 1 fully saturated rings. The van der Waals surface area contributed by atoms with E-state index in [2.05, 4.69) is 45.8 Å². The Morgan fingerprint density at radius 3 is 2.50 bits per heavy atom. The minimum Gasteiger partial charge on any atom is -0.400 e. The largest absolute Gasteiger partial charge is 0.400 e. The van der Waals surface area contributed by atoms with Gasteiger partial charge in [0.1, 0.15) is 18.3 Å². The molecule has 0 aliphatic heterocycles. The number of nitrogens with one attached hydrogen (secondary N) is 1. The molecule has 1 aliphatic carbocycles. The summed E-state index contributed by atoms with van der Waals surface area (Å²) in [5.74, 6) is -0.573. The highest BCUT2D eigenvalue weighted by Gasteiger charge is 2.43. The lowest BCUT2D eigenvalue weighted by atomic mass is 10.0. The van der Waals surface area contributed by atoms with Crippen LogP contribution in [0.3, 0.4) is 0 Å². The predicted molar refractivity (Wildman–Crippen MR) is 136 cm³/mol. The number of rotatable bonds is 5. The third-order valence-corrected chi connectivity index (χ3v) is 4.73. The second kappa shape index (κ2) is 12.1. The molecular weight excluding hydrogens is 435 g/mol. The van der Waals surface area contributed by atoms with Gasteiger partial charge in [-0.2, -0.15) is 5.10 Å². The van der Waals surface area contributed by atoms with E-state index in [1.54, 1.807) is 23.0 Å². The summed E-state index contributed by atoms with van der Waals surface area (Å²) in [6.45, 7) is 14.1. The zero-order valence-electron chi connectivity index (χ0n) is 20.6. The van der Waals surface area contributed by atoms with Gasteiger partial charge in [0.15, 0.2) is 5.65 Å². The number of alkyl halides is 1. The van der Waals surface area contributed by atoms with Gasteiger partial charge in [-0.15, -0.1) is 0 Å². The molecule has 1 amide bonds. The van der Waals surface area contributed by atoms with E-state index in [1.807, 2.05) is 26.8 Å². The molecule has 0 spiro atoms. The van der Waals surface area contributed by atoms with Gasteiger partial charge < -0.3 is 10.4 Å². The minimum atomic E-state index is -1.05. The fourth-order valence-electron chi connectivity index (χ4n) is 3.10. The van der Waals surface area contributed by atoms with Crippen molar-refractivity contribution in [3.63, 3.8) is 0 Å². The Balaban J connectivity index is 0.000000758. The standard InChI is InChI=1S/C21H21FN6O.C3H8.CH4O/c1-11(2)16(9-23-12(3)4)14-5-13-8-24-19(27-21(29)15-6-17(15)22)7-18(13)28-20(14)25-10-26-28;1-3-2;1-2/h5,7-10,15,17H,1,6H2,2-4H3,(H,24,27,29);3H2,1-2H3;2H,1H3/b16-9+;;. The zero-order valence-corrected chi connectivity index (χ0v) is 20.6. The molecule has 3 aromatic heterocycles. The van der Waals surface area contributed by atoms with Crippen molar-refractivity contribution in [2.45, 2.75) is 53.6 Å². The number of nitrogens with zero attached hydrogens (tertiary/aromatic N) is 5. The maximum atomic E-state index is 13.1. The summed E-state index contributed by atoms with van der Waals surface area (Å²) in [5.41, 5.74) is 4.84. The van der Waals surface area contributed by atoms with E-state index in [0.717, 1.165) is 40.4 Å². The maximum Gasteiger partial charge on any atom is 0.231 e. The Hall–Kier alpha value is -3.46. The third kappa shape index (κ3) is 6.32. The number of fused-ring (bicyclic) bond motifs is 3. The highest BCUT2D eigenvalue weighted by molar-refractivity contribution is 5.97. The van der Waals surface area contributed by atoms with Gasteiger partial charge in [0.05, 0.1) is 11.4 Å². The first-order valence-electron chi connectivity index (χ1n) is 11.2. The van der Waals surface area contributed by atoms with E-state index in [1.165, 1.54) is 12.7 Å². The van der Waals surface area contributed by atoms with Crippen LogP contribution in [0.4, 0.5) is 10.2 Å². The van der Waals surface area contributed by atoms with Crippen molar-refractivity contribution in [2.75, 3.05) is 12.4 Å². The monoisotopic (exact) mass is 468 g/mol. The van der Waals surface area contributed by atoms with Crippen LogP contribution in [-0.4, -0.2) is 49.6 Å². The number of aliphatic hydroxyl groups is 1. The number of hydrogen-bond donors (Lipinski definition) is 2. The van der Waals surface area contributed by atoms with Gasteiger partial charge in [-0.25, -0.2) is 18.9 Å². The van der Waals surface area contributed by atoms with Gasteiger partial charge in [-0.1, -0.05) is 26.8 Å². The lowest BCUT2D eigenvalue weighted by Crippen LogP contribution is -2.16. The van der Waals surface area contributed by atoms with Crippen LogP contribution >= 0.6 is 0 Å². The van der Waals surface area contributed by atoms with Gasteiger partial charge in [0, 0.05) is 47.8 Å². The van der Waals surface area contributed by atoms with Crippen LogP contribution in [-0.2, 0) is 4.79 Å². The molecule has 0 radical (unpaired) electrons. The summed E-state index contributed by atoms with van der Waals surface area (Å²) >= 11 is 0. The van der Waals surface area contributed by atoms with E-state index in [-0.39, 0.29) is 12.3 Å². The summed E-state index contributed by atoms with van der Waals surface area (Å²) in [4.78, 5) is 25.1. The molecule has 2 atom stereocenters. The Labute approximate surface area is 199 Å². The van der Waals surface area contributed by atoms with Gasteiger partial charge >= 0.3 is 0 Å². The van der Waals surface area contributed by atoms with E-state index in [0.29, 0.717) is 11.5 Å². The average Bonchev–Trinajstić information content (AvgIpc) is 3.32. The number of carbonyl (C=O) groups is 1. The number of carbonyl (C=O) groups excluding carboxylic acids is 1. The van der Waals surface area contributed by atoms with Crippen LogP contribution < -0.4 is 5.32 Å². The number of amides is 1. The summed E-state index contributed by atoms with van der Waals surface area (Å²) in [6, 6.07) is 3.67. The maximum absolute atomic E-state index is 13.1. The molecule has 2 unspecified atom stereocenters. The van der Waals surface area contributed by atoms with Gasteiger partial charge in [0.2, 0.25) is 5.91 Å². The van der Waals surface area contributed by atoms with Crippen molar-refractivity contribution in [1.82, 2.24) is 19.6 Å². The SMILES string of the molecule is C=C(C)/C(=C\N=C(C)C)c1cc2cnc(NC(=O)C3CC3F)cc2n2ncnc12.CCC.CO. The number of allylic oxidation sites excluding steroid dienone is 2. The molecule has 3 aromatic rings. The van der Waals surface area contributed by atoms with Crippen molar-refractivity contribution < 1.29 is 14.3 Å². The molecule has 2 N–H and O–H groups in total. The number of aromatic nitrogens is 4. The van der Waals surface area contributed by atoms with Crippen molar-refractivity contribution in [1.29, 1.82) is 0 Å².